The molecule has 1 heterocycles. The van der Waals surface area contributed by atoms with E-state index in [1.807, 2.05) is 13.8 Å². The Hall–Kier alpha value is -1.78. The highest BCUT2D eigenvalue weighted by atomic mass is 16.5. The molecule has 0 saturated heterocycles. The predicted octanol–water partition coefficient (Wildman–Crippen LogP) is 2.85. The van der Waals surface area contributed by atoms with E-state index in [4.69, 9.17) is 4.74 Å². The number of allylic oxidation sites excluding steroid dienone is 1. The second kappa shape index (κ2) is 5.64. The SMILES string of the molecule is C=C1N=C(OCC(=O)NC23CC4CC(CC(C4)C2)C3)C(C)=C(C)N1. The van der Waals surface area contributed by atoms with Crippen LogP contribution in [0.1, 0.15) is 52.4 Å². The molecule has 0 aromatic carbocycles. The number of carbonyl (C=O) groups is 1. The normalized spacial score (nSPS) is 37.2. The van der Waals surface area contributed by atoms with Crippen molar-refractivity contribution < 1.29 is 9.53 Å². The Bertz CT molecular complexity index is 612. The Labute approximate surface area is 143 Å². The van der Waals surface area contributed by atoms with Crippen LogP contribution >= 0.6 is 0 Å². The molecule has 0 unspecified atom stereocenters. The van der Waals surface area contributed by atoms with Crippen molar-refractivity contribution >= 4 is 11.8 Å². The van der Waals surface area contributed by atoms with Gasteiger partial charge in [0.05, 0.1) is 0 Å². The average Bonchev–Trinajstić information content (AvgIpc) is 2.47. The Balaban J connectivity index is 1.37. The van der Waals surface area contributed by atoms with Crippen LogP contribution in [0.15, 0.2) is 28.7 Å². The van der Waals surface area contributed by atoms with Gasteiger partial charge in [-0.15, -0.1) is 0 Å². The van der Waals surface area contributed by atoms with Crippen LogP contribution in [0.5, 0.6) is 0 Å². The van der Waals surface area contributed by atoms with Crippen LogP contribution in [0.2, 0.25) is 0 Å². The first-order valence-corrected chi connectivity index (χ1v) is 9.09. The van der Waals surface area contributed by atoms with E-state index in [2.05, 4.69) is 22.2 Å². The fourth-order valence-electron chi connectivity index (χ4n) is 5.57. The van der Waals surface area contributed by atoms with Crippen molar-refractivity contribution in [2.24, 2.45) is 22.7 Å². The van der Waals surface area contributed by atoms with Crippen molar-refractivity contribution in [3.8, 4) is 0 Å². The lowest BCUT2D eigenvalue weighted by molar-refractivity contribution is -0.129. The monoisotopic (exact) mass is 329 g/mol. The molecule has 2 N–H and O–H groups in total. The van der Waals surface area contributed by atoms with Gasteiger partial charge in [-0.25, -0.2) is 0 Å². The van der Waals surface area contributed by atoms with Gasteiger partial charge in [-0.1, -0.05) is 6.58 Å². The summed E-state index contributed by atoms with van der Waals surface area (Å²) in [4.78, 5) is 16.8. The summed E-state index contributed by atoms with van der Waals surface area (Å²) in [7, 11) is 0. The van der Waals surface area contributed by atoms with Crippen molar-refractivity contribution in [3.05, 3.63) is 23.7 Å². The molecule has 130 valence electrons. The summed E-state index contributed by atoms with van der Waals surface area (Å²) >= 11 is 0. The molecule has 1 amide bonds. The third-order valence-corrected chi connectivity index (χ3v) is 6.23. The van der Waals surface area contributed by atoms with Gasteiger partial charge in [0, 0.05) is 16.8 Å². The lowest BCUT2D eigenvalue weighted by Gasteiger charge is -2.56. The average molecular weight is 329 g/mol. The Morgan fingerprint density at radius 2 is 1.83 bits per heavy atom. The fourth-order valence-corrected chi connectivity index (χ4v) is 5.57. The second-order valence-corrected chi connectivity index (χ2v) is 8.27. The van der Waals surface area contributed by atoms with E-state index in [0.717, 1.165) is 48.3 Å². The topological polar surface area (TPSA) is 62.7 Å². The largest absolute Gasteiger partial charge is 0.467 e. The van der Waals surface area contributed by atoms with Gasteiger partial charge in [-0.3, -0.25) is 4.79 Å². The molecule has 4 aliphatic carbocycles. The van der Waals surface area contributed by atoms with Gasteiger partial charge in [0.25, 0.3) is 5.91 Å². The maximum absolute atomic E-state index is 12.5. The molecule has 0 atom stereocenters. The standard InChI is InChI=1S/C19H27N3O2/c1-11-12(2)20-13(3)21-18(11)24-10-17(23)22-19-7-14-4-15(8-19)6-16(5-14)9-19/h14-16,20H,3-10H2,1-2H3,(H,22,23). The minimum absolute atomic E-state index is 0.0192. The second-order valence-electron chi connectivity index (χ2n) is 8.27. The maximum Gasteiger partial charge on any atom is 0.258 e. The van der Waals surface area contributed by atoms with Crippen LogP contribution in [0, 0.1) is 17.8 Å². The summed E-state index contributed by atoms with van der Waals surface area (Å²) in [5.74, 6) is 3.49. The number of ether oxygens (including phenoxy) is 1. The molecule has 5 nitrogen and oxygen atoms in total. The van der Waals surface area contributed by atoms with Crippen LogP contribution < -0.4 is 10.6 Å². The molecule has 5 aliphatic rings. The number of nitrogens with zero attached hydrogens (tertiary/aromatic N) is 1. The lowest BCUT2D eigenvalue weighted by Crippen LogP contribution is -2.60. The van der Waals surface area contributed by atoms with E-state index in [1.165, 1.54) is 19.3 Å². The molecular weight excluding hydrogens is 302 g/mol. The smallest absolute Gasteiger partial charge is 0.258 e. The number of aliphatic imine (C=N–C) groups is 1. The Morgan fingerprint density at radius 3 is 2.42 bits per heavy atom. The predicted molar refractivity (Wildman–Crippen MR) is 93.1 cm³/mol. The molecule has 0 spiro atoms. The van der Waals surface area contributed by atoms with Crippen molar-refractivity contribution in [2.75, 3.05) is 6.61 Å². The van der Waals surface area contributed by atoms with Gasteiger partial charge in [-0.05, 0) is 70.1 Å². The zero-order chi connectivity index (χ0) is 16.9. The van der Waals surface area contributed by atoms with Crippen LogP contribution in [0.3, 0.4) is 0 Å². The van der Waals surface area contributed by atoms with Crippen LogP contribution in [0.4, 0.5) is 0 Å². The Morgan fingerprint density at radius 1 is 1.25 bits per heavy atom. The van der Waals surface area contributed by atoms with E-state index >= 15 is 0 Å². The van der Waals surface area contributed by atoms with E-state index in [9.17, 15) is 4.79 Å². The molecule has 0 aromatic rings. The molecule has 0 radical (unpaired) electrons. The highest BCUT2D eigenvalue weighted by Gasteiger charge is 2.51. The van der Waals surface area contributed by atoms with Gasteiger partial charge >= 0.3 is 0 Å². The first-order valence-electron chi connectivity index (χ1n) is 9.09. The fraction of sp³-hybridized carbons (Fsp3) is 0.684. The summed E-state index contributed by atoms with van der Waals surface area (Å²) in [6.07, 6.45) is 7.60. The van der Waals surface area contributed by atoms with E-state index in [1.54, 1.807) is 0 Å². The molecule has 24 heavy (non-hydrogen) atoms. The van der Waals surface area contributed by atoms with Gasteiger partial charge < -0.3 is 15.4 Å². The molecule has 1 aliphatic heterocycles. The minimum Gasteiger partial charge on any atom is -0.467 e. The van der Waals surface area contributed by atoms with Crippen molar-refractivity contribution in [3.63, 3.8) is 0 Å². The number of carbonyl (C=O) groups excluding carboxylic acids is 1. The highest BCUT2D eigenvalue weighted by Crippen LogP contribution is 2.55. The number of amides is 1. The van der Waals surface area contributed by atoms with E-state index < -0.39 is 0 Å². The van der Waals surface area contributed by atoms with Gasteiger partial charge in [0.1, 0.15) is 5.82 Å². The third kappa shape index (κ3) is 2.85. The minimum atomic E-state index is -0.0192. The van der Waals surface area contributed by atoms with Crippen molar-refractivity contribution in [2.45, 2.75) is 57.9 Å². The van der Waals surface area contributed by atoms with Crippen molar-refractivity contribution in [1.82, 2.24) is 10.6 Å². The molecule has 4 fully saturated rings. The zero-order valence-corrected chi connectivity index (χ0v) is 14.7. The van der Waals surface area contributed by atoms with Crippen LogP contribution in [-0.4, -0.2) is 24.0 Å². The van der Waals surface area contributed by atoms with Gasteiger partial charge in [0.15, 0.2) is 6.61 Å². The van der Waals surface area contributed by atoms with Crippen LogP contribution in [-0.2, 0) is 9.53 Å². The third-order valence-electron chi connectivity index (χ3n) is 6.23. The summed E-state index contributed by atoms with van der Waals surface area (Å²) in [5, 5.41) is 6.40. The zero-order valence-electron chi connectivity index (χ0n) is 14.7. The molecule has 0 aromatic heterocycles. The Kier molecular flexibility index (Phi) is 3.70. The summed E-state index contributed by atoms with van der Waals surface area (Å²) in [6.45, 7) is 7.72. The van der Waals surface area contributed by atoms with Gasteiger partial charge in [0.2, 0.25) is 5.90 Å². The quantitative estimate of drug-likeness (QED) is 0.837. The van der Waals surface area contributed by atoms with Crippen molar-refractivity contribution in [1.29, 1.82) is 0 Å². The molecule has 4 saturated carbocycles. The summed E-state index contributed by atoms with van der Waals surface area (Å²) in [6, 6.07) is 0. The number of hydrogen-bond acceptors (Lipinski definition) is 4. The number of hydrogen-bond donors (Lipinski definition) is 2. The first kappa shape index (κ1) is 15.7. The first-order chi connectivity index (χ1) is 11.4. The maximum atomic E-state index is 12.5. The van der Waals surface area contributed by atoms with E-state index in [0.29, 0.717) is 11.7 Å². The summed E-state index contributed by atoms with van der Waals surface area (Å²) in [5.41, 5.74) is 1.92. The van der Waals surface area contributed by atoms with E-state index in [-0.39, 0.29) is 18.1 Å². The molecule has 5 rings (SSSR count). The molecule has 5 heteroatoms. The highest BCUT2D eigenvalue weighted by molar-refractivity contribution is 5.96. The summed E-state index contributed by atoms with van der Waals surface area (Å²) < 4.78 is 5.69. The van der Waals surface area contributed by atoms with Crippen LogP contribution in [0.25, 0.3) is 0 Å². The number of nitrogens with one attached hydrogen (secondary N) is 2. The molecular formula is C19H27N3O2. The van der Waals surface area contributed by atoms with Gasteiger partial charge in [-0.2, -0.15) is 4.99 Å². The molecule has 4 bridgehead atoms. The lowest BCUT2D eigenvalue weighted by atomic mass is 9.53. The number of rotatable bonds is 3.